The van der Waals surface area contributed by atoms with Gasteiger partial charge in [-0.2, -0.15) is 0 Å². The minimum atomic E-state index is -0.421. The summed E-state index contributed by atoms with van der Waals surface area (Å²) in [6.45, 7) is 3.07. The molecule has 6 heteroatoms. The van der Waals surface area contributed by atoms with Crippen molar-refractivity contribution < 1.29 is 14.5 Å². The molecule has 0 aromatic heterocycles. The van der Waals surface area contributed by atoms with Crippen LogP contribution in [0.4, 0.5) is 10.5 Å². The minimum absolute atomic E-state index is 0.0221. The number of hydrogen-bond donors (Lipinski definition) is 0. The third-order valence-corrected chi connectivity index (χ3v) is 3.16. The molecule has 19 heavy (non-hydrogen) atoms. The quantitative estimate of drug-likeness (QED) is 0.604. The van der Waals surface area contributed by atoms with Crippen LogP contribution in [0.5, 0.6) is 0 Å². The molecule has 2 rings (SSSR count). The van der Waals surface area contributed by atoms with Crippen molar-refractivity contribution in [2.75, 3.05) is 13.2 Å². The summed E-state index contributed by atoms with van der Waals surface area (Å²) in [4.78, 5) is 23.4. The summed E-state index contributed by atoms with van der Waals surface area (Å²) in [5, 5.41) is 10.6. The third kappa shape index (κ3) is 3.01. The van der Waals surface area contributed by atoms with E-state index in [0.717, 1.165) is 12.0 Å². The Hall–Kier alpha value is -2.11. The Kier molecular flexibility index (Phi) is 3.99. The van der Waals surface area contributed by atoms with Gasteiger partial charge in [0.1, 0.15) is 6.61 Å². The van der Waals surface area contributed by atoms with E-state index in [1.807, 2.05) is 6.92 Å². The highest BCUT2D eigenvalue weighted by Gasteiger charge is 2.32. The molecule has 0 radical (unpaired) electrons. The zero-order valence-electron chi connectivity index (χ0n) is 10.7. The lowest BCUT2D eigenvalue weighted by Gasteiger charge is -2.20. The van der Waals surface area contributed by atoms with Gasteiger partial charge in [0.2, 0.25) is 0 Å². The number of nitrogens with zero attached hydrogens (tertiary/aromatic N) is 2. The average molecular weight is 264 g/mol. The monoisotopic (exact) mass is 264 g/mol. The SMILES string of the molecule is CCCN1C(=O)OCC1Cc1ccc([N+](=O)[O-])cc1. The molecular formula is C13H16N2O4. The summed E-state index contributed by atoms with van der Waals surface area (Å²) >= 11 is 0. The van der Waals surface area contributed by atoms with Crippen molar-refractivity contribution in [2.24, 2.45) is 0 Å². The smallest absolute Gasteiger partial charge is 0.410 e. The van der Waals surface area contributed by atoms with Gasteiger partial charge < -0.3 is 9.64 Å². The van der Waals surface area contributed by atoms with Crippen LogP contribution in [-0.4, -0.2) is 35.1 Å². The number of non-ortho nitro benzene ring substituents is 1. The maximum atomic E-state index is 11.5. The van der Waals surface area contributed by atoms with Crippen LogP contribution in [0.15, 0.2) is 24.3 Å². The van der Waals surface area contributed by atoms with Gasteiger partial charge in [-0.1, -0.05) is 19.1 Å². The van der Waals surface area contributed by atoms with Crippen LogP contribution < -0.4 is 0 Å². The number of benzene rings is 1. The first-order valence-electron chi connectivity index (χ1n) is 6.28. The number of nitro groups is 1. The fourth-order valence-electron chi connectivity index (χ4n) is 2.20. The molecule has 1 aromatic carbocycles. The van der Waals surface area contributed by atoms with Crippen LogP contribution in [0.2, 0.25) is 0 Å². The number of rotatable bonds is 5. The zero-order chi connectivity index (χ0) is 13.8. The first kappa shape index (κ1) is 13.3. The summed E-state index contributed by atoms with van der Waals surface area (Å²) in [7, 11) is 0. The van der Waals surface area contributed by atoms with E-state index in [9.17, 15) is 14.9 Å². The van der Waals surface area contributed by atoms with E-state index >= 15 is 0 Å². The molecule has 1 amide bonds. The maximum absolute atomic E-state index is 11.5. The molecule has 0 N–H and O–H groups in total. The molecule has 0 bridgehead atoms. The Labute approximate surface area is 111 Å². The fraction of sp³-hybridized carbons (Fsp3) is 0.462. The van der Waals surface area contributed by atoms with Gasteiger partial charge in [0, 0.05) is 18.7 Å². The molecule has 1 aliphatic heterocycles. The summed E-state index contributed by atoms with van der Waals surface area (Å²) in [6.07, 6.45) is 1.27. The van der Waals surface area contributed by atoms with Gasteiger partial charge in [-0.25, -0.2) is 4.79 Å². The summed E-state index contributed by atoms with van der Waals surface area (Å²) in [5.74, 6) is 0. The summed E-state index contributed by atoms with van der Waals surface area (Å²) in [6, 6.07) is 6.44. The Morgan fingerprint density at radius 2 is 2.11 bits per heavy atom. The summed E-state index contributed by atoms with van der Waals surface area (Å²) < 4.78 is 5.04. The number of hydrogen-bond acceptors (Lipinski definition) is 4. The zero-order valence-corrected chi connectivity index (χ0v) is 10.7. The van der Waals surface area contributed by atoms with Crippen LogP contribution in [0.25, 0.3) is 0 Å². The van der Waals surface area contributed by atoms with E-state index in [4.69, 9.17) is 4.74 Å². The van der Waals surface area contributed by atoms with Gasteiger partial charge in [0.05, 0.1) is 11.0 Å². The standard InChI is InChI=1S/C13H16N2O4/c1-2-7-14-12(9-19-13(14)16)8-10-3-5-11(6-4-10)15(17)18/h3-6,12H,2,7-9H2,1H3. The van der Waals surface area contributed by atoms with Gasteiger partial charge in [-0.15, -0.1) is 0 Å². The second kappa shape index (κ2) is 5.69. The number of nitro benzene ring substituents is 1. The lowest BCUT2D eigenvalue weighted by Crippen LogP contribution is -2.35. The molecule has 0 spiro atoms. The Morgan fingerprint density at radius 1 is 1.42 bits per heavy atom. The molecule has 102 valence electrons. The number of carbonyl (C=O) groups is 1. The van der Waals surface area contributed by atoms with Crippen LogP contribution in [0.1, 0.15) is 18.9 Å². The molecule has 6 nitrogen and oxygen atoms in total. The van der Waals surface area contributed by atoms with Gasteiger partial charge in [0.15, 0.2) is 0 Å². The number of cyclic esters (lactones) is 1. The Balaban J connectivity index is 2.04. The van der Waals surface area contributed by atoms with E-state index < -0.39 is 4.92 Å². The van der Waals surface area contributed by atoms with Crippen molar-refractivity contribution in [1.82, 2.24) is 4.90 Å². The second-order valence-electron chi connectivity index (χ2n) is 4.55. The first-order valence-corrected chi connectivity index (χ1v) is 6.28. The largest absolute Gasteiger partial charge is 0.447 e. The molecule has 1 heterocycles. The number of carbonyl (C=O) groups excluding carboxylic acids is 1. The molecule has 0 aliphatic carbocycles. The second-order valence-corrected chi connectivity index (χ2v) is 4.55. The van der Waals surface area contributed by atoms with E-state index in [1.54, 1.807) is 17.0 Å². The van der Waals surface area contributed by atoms with Crippen molar-refractivity contribution in [3.63, 3.8) is 0 Å². The van der Waals surface area contributed by atoms with Crippen LogP contribution >= 0.6 is 0 Å². The molecule has 1 fully saturated rings. The van der Waals surface area contributed by atoms with E-state index in [-0.39, 0.29) is 17.8 Å². The minimum Gasteiger partial charge on any atom is -0.447 e. The maximum Gasteiger partial charge on any atom is 0.410 e. The Morgan fingerprint density at radius 3 is 2.68 bits per heavy atom. The van der Waals surface area contributed by atoms with Crippen molar-refractivity contribution in [3.05, 3.63) is 39.9 Å². The third-order valence-electron chi connectivity index (χ3n) is 3.16. The molecule has 1 atom stereocenters. The highest BCUT2D eigenvalue weighted by atomic mass is 16.6. The highest BCUT2D eigenvalue weighted by molar-refractivity contribution is 5.70. The first-order chi connectivity index (χ1) is 9.11. The van der Waals surface area contributed by atoms with Crippen LogP contribution in [0, 0.1) is 10.1 Å². The van der Waals surface area contributed by atoms with Gasteiger partial charge >= 0.3 is 6.09 Å². The van der Waals surface area contributed by atoms with Crippen molar-refractivity contribution in [3.8, 4) is 0 Å². The van der Waals surface area contributed by atoms with Crippen molar-refractivity contribution >= 4 is 11.8 Å². The molecular weight excluding hydrogens is 248 g/mol. The van der Waals surface area contributed by atoms with Crippen molar-refractivity contribution in [1.29, 1.82) is 0 Å². The van der Waals surface area contributed by atoms with E-state index in [2.05, 4.69) is 0 Å². The van der Waals surface area contributed by atoms with Crippen LogP contribution in [-0.2, 0) is 11.2 Å². The summed E-state index contributed by atoms with van der Waals surface area (Å²) in [5.41, 5.74) is 1.04. The van der Waals surface area contributed by atoms with Crippen LogP contribution in [0.3, 0.4) is 0 Å². The predicted octanol–water partition coefficient (Wildman–Crippen LogP) is 2.37. The Bertz CT molecular complexity index is 472. The molecule has 1 saturated heterocycles. The lowest BCUT2D eigenvalue weighted by atomic mass is 10.1. The lowest BCUT2D eigenvalue weighted by molar-refractivity contribution is -0.384. The predicted molar refractivity (Wildman–Crippen MR) is 68.9 cm³/mol. The number of amides is 1. The normalized spacial score (nSPS) is 18.5. The topological polar surface area (TPSA) is 72.7 Å². The molecule has 1 unspecified atom stereocenters. The molecule has 1 aromatic rings. The fourth-order valence-corrected chi connectivity index (χ4v) is 2.20. The van der Waals surface area contributed by atoms with Gasteiger partial charge in [0.25, 0.3) is 5.69 Å². The average Bonchev–Trinajstić information content (AvgIpc) is 2.73. The van der Waals surface area contributed by atoms with E-state index in [1.165, 1.54) is 12.1 Å². The molecule has 0 saturated carbocycles. The number of ether oxygens (including phenoxy) is 1. The van der Waals surface area contributed by atoms with Gasteiger partial charge in [-0.05, 0) is 18.4 Å². The van der Waals surface area contributed by atoms with Crippen molar-refractivity contribution in [2.45, 2.75) is 25.8 Å². The highest BCUT2D eigenvalue weighted by Crippen LogP contribution is 2.19. The van der Waals surface area contributed by atoms with Gasteiger partial charge in [-0.3, -0.25) is 10.1 Å². The van der Waals surface area contributed by atoms with E-state index in [0.29, 0.717) is 19.6 Å². The molecule has 1 aliphatic rings.